The lowest BCUT2D eigenvalue weighted by molar-refractivity contribution is -0.139. The van der Waals surface area contributed by atoms with E-state index in [-0.39, 0.29) is 6.42 Å². The zero-order chi connectivity index (χ0) is 15.7. The number of hydrogen-bond donors (Lipinski definition) is 3. The molecule has 2 amide bonds. The van der Waals surface area contributed by atoms with E-state index in [9.17, 15) is 9.59 Å². The molecule has 1 aromatic carbocycles. The van der Waals surface area contributed by atoms with Crippen LogP contribution in [0.15, 0.2) is 24.3 Å². The van der Waals surface area contributed by atoms with Gasteiger partial charge in [0, 0.05) is 19.4 Å². The number of carboxylic acid groups (broad SMARTS) is 1. The third-order valence-electron chi connectivity index (χ3n) is 2.69. The monoisotopic (exact) mass is 291 g/mol. The van der Waals surface area contributed by atoms with Crippen molar-refractivity contribution in [3.05, 3.63) is 29.8 Å². The maximum atomic E-state index is 11.8. The fraction of sp³-hybridized carbons (Fsp3) is 0.357. The van der Waals surface area contributed by atoms with Crippen LogP contribution < -0.4 is 10.6 Å². The zero-order valence-electron chi connectivity index (χ0n) is 11.6. The van der Waals surface area contributed by atoms with E-state index in [1.54, 1.807) is 18.2 Å². The van der Waals surface area contributed by atoms with Gasteiger partial charge in [-0.15, -0.1) is 0 Å². The molecule has 0 aliphatic rings. The predicted molar refractivity (Wildman–Crippen MR) is 75.8 cm³/mol. The van der Waals surface area contributed by atoms with E-state index in [0.717, 1.165) is 0 Å². The van der Waals surface area contributed by atoms with E-state index in [1.165, 1.54) is 13.2 Å². The van der Waals surface area contributed by atoms with Crippen LogP contribution in [0.2, 0.25) is 0 Å². The van der Waals surface area contributed by atoms with E-state index < -0.39 is 18.0 Å². The van der Waals surface area contributed by atoms with Crippen molar-refractivity contribution < 1.29 is 19.4 Å². The predicted octanol–water partition coefficient (Wildman–Crippen LogP) is 1.56. The molecule has 0 saturated carbocycles. The SMILES string of the molecule is COCCCC(NC(=O)Nc1cccc(C#N)c1)C(=O)O. The first-order valence-electron chi connectivity index (χ1n) is 6.36. The van der Waals surface area contributed by atoms with Crippen LogP contribution in [0.25, 0.3) is 0 Å². The third-order valence-corrected chi connectivity index (χ3v) is 2.69. The summed E-state index contributed by atoms with van der Waals surface area (Å²) in [5, 5.41) is 22.7. The van der Waals surface area contributed by atoms with Crippen molar-refractivity contribution in [3.8, 4) is 6.07 Å². The van der Waals surface area contributed by atoms with Crippen molar-refractivity contribution in [1.82, 2.24) is 5.32 Å². The first kappa shape index (κ1) is 16.5. The Kier molecular flexibility index (Phi) is 6.71. The lowest BCUT2D eigenvalue weighted by atomic mass is 10.1. The third kappa shape index (κ3) is 5.93. The summed E-state index contributed by atoms with van der Waals surface area (Å²) < 4.78 is 4.85. The van der Waals surface area contributed by atoms with Crippen LogP contribution in [0, 0.1) is 11.3 Å². The summed E-state index contributed by atoms with van der Waals surface area (Å²) in [7, 11) is 1.53. The van der Waals surface area contributed by atoms with Gasteiger partial charge in [-0.05, 0) is 31.0 Å². The molecule has 1 aromatic rings. The second-order valence-electron chi connectivity index (χ2n) is 4.32. The van der Waals surface area contributed by atoms with E-state index >= 15 is 0 Å². The van der Waals surface area contributed by atoms with Crippen LogP contribution in [-0.4, -0.2) is 36.9 Å². The number of urea groups is 1. The molecule has 0 heterocycles. The van der Waals surface area contributed by atoms with E-state index in [4.69, 9.17) is 15.1 Å². The summed E-state index contributed by atoms with van der Waals surface area (Å²) in [5.74, 6) is -1.10. The first-order chi connectivity index (χ1) is 10.1. The van der Waals surface area contributed by atoms with Crippen LogP contribution in [0.3, 0.4) is 0 Å². The molecule has 0 fully saturated rings. The van der Waals surface area contributed by atoms with E-state index in [0.29, 0.717) is 24.3 Å². The van der Waals surface area contributed by atoms with Gasteiger partial charge in [0.2, 0.25) is 0 Å². The fourth-order valence-electron chi connectivity index (χ4n) is 1.68. The summed E-state index contributed by atoms with van der Waals surface area (Å²) in [6.07, 6.45) is 0.798. The minimum atomic E-state index is -1.10. The van der Waals surface area contributed by atoms with Crippen LogP contribution >= 0.6 is 0 Å². The van der Waals surface area contributed by atoms with Crippen molar-refractivity contribution >= 4 is 17.7 Å². The summed E-state index contributed by atoms with van der Waals surface area (Å²) in [4.78, 5) is 22.8. The topological polar surface area (TPSA) is 111 Å². The maximum absolute atomic E-state index is 11.8. The number of carboxylic acids is 1. The van der Waals surface area contributed by atoms with Gasteiger partial charge in [-0.3, -0.25) is 0 Å². The number of carbonyl (C=O) groups is 2. The molecule has 0 saturated heterocycles. The standard InChI is InChI=1S/C14H17N3O4/c1-21-7-3-6-12(13(18)19)17-14(20)16-11-5-2-4-10(8-11)9-15/h2,4-5,8,12H,3,6-7H2,1H3,(H,18,19)(H2,16,17,20). The summed E-state index contributed by atoms with van der Waals surface area (Å²) >= 11 is 0. The Labute approximate surface area is 122 Å². The van der Waals surface area contributed by atoms with Gasteiger partial charge in [0.05, 0.1) is 11.6 Å². The first-order valence-corrected chi connectivity index (χ1v) is 6.36. The number of hydrogen-bond acceptors (Lipinski definition) is 4. The fourth-order valence-corrected chi connectivity index (χ4v) is 1.68. The number of carbonyl (C=O) groups excluding carboxylic acids is 1. The van der Waals surface area contributed by atoms with Crippen molar-refractivity contribution in [2.45, 2.75) is 18.9 Å². The molecule has 21 heavy (non-hydrogen) atoms. The number of rotatable bonds is 7. The average Bonchev–Trinajstić information content (AvgIpc) is 2.46. The minimum absolute atomic E-state index is 0.273. The number of benzene rings is 1. The molecule has 3 N–H and O–H groups in total. The van der Waals surface area contributed by atoms with Gasteiger partial charge in [-0.2, -0.15) is 5.26 Å². The largest absolute Gasteiger partial charge is 0.480 e. The molecular weight excluding hydrogens is 274 g/mol. The van der Waals surface area contributed by atoms with Gasteiger partial charge in [-0.1, -0.05) is 6.07 Å². The van der Waals surface area contributed by atoms with Crippen LogP contribution in [-0.2, 0) is 9.53 Å². The average molecular weight is 291 g/mol. The Bertz CT molecular complexity index is 539. The number of anilines is 1. The Morgan fingerprint density at radius 3 is 2.86 bits per heavy atom. The Hall–Kier alpha value is -2.59. The van der Waals surface area contributed by atoms with Crippen molar-refractivity contribution in [3.63, 3.8) is 0 Å². The van der Waals surface area contributed by atoms with Gasteiger partial charge in [0.15, 0.2) is 0 Å². The second-order valence-corrected chi connectivity index (χ2v) is 4.32. The summed E-state index contributed by atoms with van der Waals surface area (Å²) in [6, 6.07) is 6.68. The molecule has 1 unspecified atom stereocenters. The van der Waals surface area contributed by atoms with Crippen LogP contribution in [0.5, 0.6) is 0 Å². The molecule has 0 aromatic heterocycles. The quantitative estimate of drug-likeness (QED) is 0.660. The zero-order valence-corrected chi connectivity index (χ0v) is 11.6. The summed E-state index contributed by atoms with van der Waals surface area (Å²) in [5.41, 5.74) is 0.829. The second kappa shape index (κ2) is 8.55. The molecule has 1 atom stereocenters. The highest BCUT2D eigenvalue weighted by molar-refractivity contribution is 5.92. The highest BCUT2D eigenvalue weighted by Crippen LogP contribution is 2.09. The Morgan fingerprint density at radius 1 is 1.48 bits per heavy atom. The summed E-state index contributed by atoms with van der Waals surface area (Å²) in [6.45, 7) is 0.428. The number of nitrogens with one attached hydrogen (secondary N) is 2. The van der Waals surface area contributed by atoms with Gasteiger partial charge < -0.3 is 20.5 Å². The molecule has 1 rings (SSSR count). The van der Waals surface area contributed by atoms with Crippen molar-refractivity contribution in [1.29, 1.82) is 5.26 Å². The lowest BCUT2D eigenvalue weighted by Gasteiger charge is -2.15. The van der Waals surface area contributed by atoms with Crippen molar-refractivity contribution in [2.75, 3.05) is 19.0 Å². The number of amides is 2. The maximum Gasteiger partial charge on any atom is 0.326 e. The Morgan fingerprint density at radius 2 is 2.24 bits per heavy atom. The highest BCUT2D eigenvalue weighted by Gasteiger charge is 2.19. The molecule has 112 valence electrons. The Balaban J connectivity index is 2.57. The molecule has 7 heteroatoms. The lowest BCUT2D eigenvalue weighted by Crippen LogP contribution is -2.43. The molecule has 7 nitrogen and oxygen atoms in total. The van der Waals surface area contributed by atoms with E-state index in [2.05, 4.69) is 10.6 Å². The van der Waals surface area contributed by atoms with Crippen molar-refractivity contribution in [2.24, 2.45) is 0 Å². The molecule has 0 aliphatic carbocycles. The van der Waals surface area contributed by atoms with Gasteiger partial charge in [-0.25, -0.2) is 9.59 Å². The number of nitriles is 1. The molecule has 0 aliphatic heterocycles. The molecule has 0 radical (unpaired) electrons. The number of nitrogens with zero attached hydrogens (tertiary/aromatic N) is 1. The van der Waals surface area contributed by atoms with E-state index in [1.807, 2.05) is 6.07 Å². The number of methoxy groups -OCH3 is 1. The minimum Gasteiger partial charge on any atom is -0.480 e. The smallest absolute Gasteiger partial charge is 0.326 e. The van der Waals surface area contributed by atoms with Gasteiger partial charge >= 0.3 is 12.0 Å². The molecule has 0 spiro atoms. The number of ether oxygens (including phenoxy) is 1. The van der Waals surface area contributed by atoms with Crippen LogP contribution in [0.4, 0.5) is 10.5 Å². The molecular formula is C14H17N3O4. The van der Waals surface area contributed by atoms with Gasteiger partial charge in [0.1, 0.15) is 6.04 Å². The molecule has 0 bridgehead atoms. The van der Waals surface area contributed by atoms with Gasteiger partial charge in [0.25, 0.3) is 0 Å². The van der Waals surface area contributed by atoms with Crippen LogP contribution in [0.1, 0.15) is 18.4 Å². The number of aliphatic carboxylic acids is 1. The normalized spacial score (nSPS) is 11.2. The highest BCUT2D eigenvalue weighted by atomic mass is 16.5.